The Morgan fingerprint density at radius 3 is 2.86 bits per heavy atom. The Bertz CT molecular complexity index is 644. The summed E-state index contributed by atoms with van der Waals surface area (Å²) in [5, 5.41) is 6.97. The molecular weight excluding hydrogens is 308 g/mol. The third-order valence-corrected chi connectivity index (χ3v) is 4.47. The van der Waals surface area contributed by atoms with Gasteiger partial charge in [-0.3, -0.25) is 4.79 Å². The Morgan fingerprint density at radius 1 is 1.48 bits per heavy atom. The van der Waals surface area contributed by atoms with E-state index in [0.717, 1.165) is 11.4 Å². The number of carbonyl (C=O) groups is 1. The van der Waals surface area contributed by atoms with Crippen molar-refractivity contribution in [3.63, 3.8) is 0 Å². The van der Waals surface area contributed by atoms with E-state index < -0.39 is 0 Å². The molecule has 0 aromatic carbocycles. The summed E-state index contributed by atoms with van der Waals surface area (Å²) < 4.78 is 0. The summed E-state index contributed by atoms with van der Waals surface area (Å²) in [7, 11) is 1.73. The first-order valence-electron chi connectivity index (χ1n) is 6.64. The molecule has 2 aromatic rings. The van der Waals surface area contributed by atoms with Crippen LogP contribution >= 0.6 is 22.9 Å². The van der Waals surface area contributed by atoms with Gasteiger partial charge in [-0.15, -0.1) is 11.3 Å². The fraction of sp³-hybridized carbons (Fsp3) is 0.357. The molecule has 2 heterocycles. The van der Waals surface area contributed by atoms with Crippen molar-refractivity contribution in [2.24, 2.45) is 0 Å². The Balaban J connectivity index is 2.11. The number of anilines is 1. The second-order valence-electron chi connectivity index (χ2n) is 4.53. The molecule has 0 bridgehead atoms. The molecular formula is C14H17ClN4OS. The predicted molar refractivity (Wildman–Crippen MR) is 86.2 cm³/mol. The van der Waals surface area contributed by atoms with Crippen LogP contribution in [0.15, 0.2) is 18.3 Å². The maximum atomic E-state index is 12.3. The van der Waals surface area contributed by atoms with E-state index in [2.05, 4.69) is 27.5 Å². The van der Waals surface area contributed by atoms with Crippen LogP contribution in [0.4, 0.5) is 5.82 Å². The van der Waals surface area contributed by atoms with Crippen molar-refractivity contribution in [3.8, 4) is 0 Å². The number of amides is 1. The summed E-state index contributed by atoms with van der Waals surface area (Å²) in [6.45, 7) is 4.00. The van der Waals surface area contributed by atoms with Crippen LogP contribution in [0.2, 0.25) is 5.15 Å². The molecule has 0 spiro atoms. The lowest BCUT2D eigenvalue weighted by Gasteiger charge is -2.12. The highest BCUT2D eigenvalue weighted by atomic mass is 35.5. The molecule has 1 amide bonds. The zero-order valence-electron chi connectivity index (χ0n) is 12.1. The van der Waals surface area contributed by atoms with Gasteiger partial charge in [0.2, 0.25) is 0 Å². The SMILES string of the molecule is CCc1cnc(C(C)NC(=O)c2cc(Cl)nc(NC)c2)s1. The van der Waals surface area contributed by atoms with Gasteiger partial charge in [0, 0.05) is 23.7 Å². The van der Waals surface area contributed by atoms with Crippen LogP contribution in [0.25, 0.3) is 0 Å². The maximum Gasteiger partial charge on any atom is 0.252 e. The molecule has 2 rings (SSSR count). The molecule has 2 aromatic heterocycles. The third kappa shape index (κ3) is 3.92. The van der Waals surface area contributed by atoms with Gasteiger partial charge in [-0.25, -0.2) is 9.97 Å². The standard InChI is InChI=1S/C14H17ClN4OS/c1-4-10-7-17-14(21-10)8(2)18-13(20)9-5-11(15)19-12(6-9)16-3/h5-8H,4H2,1-3H3,(H,16,19)(H,18,20). The molecule has 0 saturated heterocycles. The number of aryl methyl sites for hydroxylation is 1. The van der Waals surface area contributed by atoms with Crippen LogP contribution in [0.5, 0.6) is 0 Å². The van der Waals surface area contributed by atoms with Gasteiger partial charge >= 0.3 is 0 Å². The van der Waals surface area contributed by atoms with Gasteiger partial charge in [0.15, 0.2) is 0 Å². The minimum Gasteiger partial charge on any atom is -0.373 e. The number of pyridine rings is 1. The van der Waals surface area contributed by atoms with E-state index in [-0.39, 0.29) is 17.1 Å². The second kappa shape index (κ2) is 6.87. The molecule has 1 unspecified atom stereocenters. The van der Waals surface area contributed by atoms with Crippen molar-refractivity contribution >= 4 is 34.7 Å². The monoisotopic (exact) mass is 324 g/mol. The van der Waals surface area contributed by atoms with Crippen LogP contribution in [0.1, 0.15) is 40.1 Å². The van der Waals surface area contributed by atoms with Crippen LogP contribution in [0, 0.1) is 0 Å². The quantitative estimate of drug-likeness (QED) is 0.828. The summed E-state index contributed by atoms with van der Waals surface area (Å²) in [5.41, 5.74) is 0.471. The number of aromatic nitrogens is 2. The van der Waals surface area contributed by atoms with Crippen molar-refractivity contribution in [2.75, 3.05) is 12.4 Å². The first-order chi connectivity index (χ1) is 10.0. The fourth-order valence-electron chi connectivity index (χ4n) is 1.78. The van der Waals surface area contributed by atoms with Crippen molar-refractivity contribution in [2.45, 2.75) is 26.3 Å². The molecule has 0 radical (unpaired) electrons. The molecule has 2 N–H and O–H groups in total. The Morgan fingerprint density at radius 2 is 2.24 bits per heavy atom. The molecule has 0 aliphatic rings. The average molecular weight is 325 g/mol. The number of halogens is 1. The number of hydrogen-bond acceptors (Lipinski definition) is 5. The minimum atomic E-state index is -0.198. The van der Waals surface area contributed by atoms with E-state index >= 15 is 0 Å². The summed E-state index contributed by atoms with van der Waals surface area (Å²) >= 11 is 7.52. The Kier molecular flexibility index (Phi) is 5.14. The molecule has 0 aliphatic heterocycles. The molecule has 7 heteroatoms. The molecule has 21 heavy (non-hydrogen) atoms. The summed E-state index contributed by atoms with van der Waals surface area (Å²) in [6.07, 6.45) is 2.80. The highest BCUT2D eigenvalue weighted by Crippen LogP contribution is 2.21. The highest BCUT2D eigenvalue weighted by molar-refractivity contribution is 7.11. The van der Waals surface area contributed by atoms with Crippen molar-refractivity contribution in [1.29, 1.82) is 0 Å². The smallest absolute Gasteiger partial charge is 0.252 e. The summed E-state index contributed by atoms with van der Waals surface area (Å²) in [4.78, 5) is 21.9. The first kappa shape index (κ1) is 15.7. The van der Waals surface area contributed by atoms with Gasteiger partial charge in [0.05, 0.1) is 6.04 Å². The maximum absolute atomic E-state index is 12.3. The zero-order valence-corrected chi connectivity index (χ0v) is 13.7. The molecule has 5 nitrogen and oxygen atoms in total. The molecule has 0 fully saturated rings. The molecule has 0 saturated carbocycles. The van der Waals surface area contributed by atoms with Gasteiger partial charge in [0.1, 0.15) is 16.0 Å². The molecule has 0 aliphatic carbocycles. The van der Waals surface area contributed by atoms with Crippen molar-refractivity contribution < 1.29 is 4.79 Å². The topological polar surface area (TPSA) is 66.9 Å². The number of thiazole rings is 1. The number of nitrogens with zero attached hydrogens (tertiary/aromatic N) is 2. The number of hydrogen-bond donors (Lipinski definition) is 2. The normalized spacial score (nSPS) is 12.0. The van der Waals surface area contributed by atoms with Gasteiger partial charge in [-0.2, -0.15) is 0 Å². The fourth-order valence-corrected chi connectivity index (χ4v) is 2.85. The van der Waals surface area contributed by atoms with Gasteiger partial charge in [-0.1, -0.05) is 18.5 Å². The lowest BCUT2D eigenvalue weighted by atomic mass is 10.2. The van der Waals surface area contributed by atoms with Gasteiger partial charge in [-0.05, 0) is 25.5 Å². The van der Waals surface area contributed by atoms with E-state index in [0.29, 0.717) is 11.4 Å². The second-order valence-corrected chi connectivity index (χ2v) is 6.06. The molecule has 1 atom stereocenters. The van der Waals surface area contributed by atoms with E-state index in [4.69, 9.17) is 11.6 Å². The summed E-state index contributed by atoms with van der Waals surface area (Å²) in [6, 6.07) is 3.06. The van der Waals surface area contributed by atoms with Crippen LogP contribution < -0.4 is 10.6 Å². The van der Waals surface area contributed by atoms with E-state index in [1.165, 1.54) is 4.88 Å². The summed E-state index contributed by atoms with van der Waals surface area (Å²) in [5.74, 6) is 0.361. The minimum absolute atomic E-state index is 0.146. The van der Waals surface area contributed by atoms with Crippen LogP contribution in [0.3, 0.4) is 0 Å². The number of rotatable bonds is 5. The Hall–Kier alpha value is -1.66. The lowest BCUT2D eigenvalue weighted by molar-refractivity contribution is 0.0940. The number of carbonyl (C=O) groups excluding carboxylic acids is 1. The van der Waals surface area contributed by atoms with E-state index in [1.807, 2.05) is 13.1 Å². The zero-order chi connectivity index (χ0) is 15.4. The third-order valence-electron chi connectivity index (χ3n) is 2.95. The van der Waals surface area contributed by atoms with Crippen LogP contribution in [-0.2, 0) is 6.42 Å². The largest absolute Gasteiger partial charge is 0.373 e. The first-order valence-corrected chi connectivity index (χ1v) is 7.83. The van der Waals surface area contributed by atoms with Gasteiger partial charge in [0.25, 0.3) is 5.91 Å². The molecule has 112 valence electrons. The number of nitrogens with one attached hydrogen (secondary N) is 2. The van der Waals surface area contributed by atoms with Crippen molar-refractivity contribution in [1.82, 2.24) is 15.3 Å². The van der Waals surface area contributed by atoms with E-state index in [9.17, 15) is 4.79 Å². The average Bonchev–Trinajstić information content (AvgIpc) is 2.95. The predicted octanol–water partition coefficient (Wildman–Crippen LogP) is 3.29. The highest BCUT2D eigenvalue weighted by Gasteiger charge is 2.15. The Labute approximate surface area is 132 Å². The van der Waals surface area contributed by atoms with Crippen molar-refractivity contribution in [3.05, 3.63) is 38.9 Å². The van der Waals surface area contributed by atoms with Crippen LogP contribution in [-0.4, -0.2) is 22.9 Å². The lowest BCUT2D eigenvalue weighted by Crippen LogP contribution is -2.26. The van der Waals surface area contributed by atoms with Gasteiger partial charge < -0.3 is 10.6 Å². The van der Waals surface area contributed by atoms with E-state index in [1.54, 1.807) is 30.5 Å².